The third-order valence-electron chi connectivity index (χ3n) is 3.23. The van der Waals surface area contributed by atoms with Crippen molar-refractivity contribution in [2.45, 2.75) is 32.6 Å². The maximum Gasteiger partial charge on any atom is 0.230 e. The first-order chi connectivity index (χ1) is 8.67. The van der Waals surface area contributed by atoms with Crippen LogP contribution in [0.25, 0.3) is 11.1 Å². The van der Waals surface area contributed by atoms with Gasteiger partial charge < -0.3 is 10.3 Å². The fraction of sp³-hybridized carbons (Fsp3) is 0.357. The SMILES string of the molecule is CCC(CC)c1noc(N)c1-c1cccc(F)c1. The number of hydrogen-bond acceptors (Lipinski definition) is 3. The molecule has 0 radical (unpaired) electrons. The molecule has 2 N–H and O–H groups in total. The highest BCUT2D eigenvalue weighted by molar-refractivity contribution is 5.75. The molecule has 0 saturated carbocycles. The molecular formula is C14H17FN2O. The van der Waals surface area contributed by atoms with Crippen molar-refractivity contribution < 1.29 is 8.91 Å². The van der Waals surface area contributed by atoms with Crippen molar-refractivity contribution in [3.8, 4) is 11.1 Å². The number of aromatic nitrogens is 1. The molecule has 0 bridgehead atoms. The Balaban J connectivity index is 2.53. The topological polar surface area (TPSA) is 52.0 Å². The average molecular weight is 248 g/mol. The van der Waals surface area contributed by atoms with Crippen molar-refractivity contribution in [2.75, 3.05) is 5.73 Å². The minimum Gasteiger partial charge on any atom is -0.367 e. The van der Waals surface area contributed by atoms with Gasteiger partial charge in [-0.05, 0) is 30.5 Å². The van der Waals surface area contributed by atoms with E-state index in [-0.39, 0.29) is 17.6 Å². The Morgan fingerprint density at radius 1 is 1.33 bits per heavy atom. The van der Waals surface area contributed by atoms with Crippen LogP contribution in [0.4, 0.5) is 10.3 Å². The lowest BCUT2D eigenvalue weighted by Crippen LogP contribution is -1.99. The fourth-order valence-electron chi connectivity index (χ4n) is 2.20. The summed E-state index contributed by atoms with van der Waals surface area (Å²) in [6, 6.07) is 6.34. The molecule has 2 aromatic rings. The first-order valence-corrected chi connectivity index (χ1v) is 6.18. The minimum absolute atomic E-state index is 0.252. The molecule has 0 amide bonds. The predicted molar refractivity (Wildman–Crippen MR) is 69.6 cm³/mol. The smallest absolute Gasteiger partial charge is 0.230 e. The van der Waals surface area contributed by atoms with Gasteiger partial charge in [0, 0.05) is 5.92 Å². The molecule has 1 aromatic carbocycles. The maximum absolute atomic E-state index is 13.3. The lowest BCUT2D eigenvalue weighted by atomic mass is 9.93. The van der Waals surface area contributed by atoms with Gasteiger partial charge in [-0.3, -0.25) is 0 Å². The molecule has 96 valence electrons. The molecule has 2 rings (SSSR count). The van der Waals surface area contributed by atoms with Crippen LogP contribution in [0, 0.1) is 5.82 Å². The summed E-state index contributed by atoms with van der Waals surface area (Å²) in [5.41, 5.74) is 8.08. The molecule has 0 aliphatic carbocycles. The molecule has 4 heteroatoms. The largest absolute Gasteiger partial charge is 0.367 e. The van der Waals surface area contributed by atoms with Crippen LogP contribution in [0.5, 0.6) is 0 Å². The summed E-state index contributed by atoms with van der Waals surface area (Å²) < 4.78 is 18.4. The quantitative estimate of drug-likeness (QED) is 0.890. The van der Waals surface area contributed by atoms with Crippen molar-refractivity contribution in [1.29, 1.82) is 0 Å². The predicted octanol–water partition coefficient (Wildman–Crippen LogP) is 3.97. The summed E-state index contributed by atoms with van der Waals surface area (Å²) in [5.74, 6) is 0.246. The van der Waals surface area contributed by atoms with Crippen LogP contribution in [-0.4, -0.2) is 5.16 Å². The van der Waals surface area contributed by atoms with Gasteiger partial charge in [0.1, 0.15) is 5.82 Å². The van der Waals surface area contributed by atoms with Gasteiger partial charge in [-0.1, -0.05) is 31.1 Å². The van der Waals surface area contributed by atoms with Gasteiger partial charge in [-0.15, -0.1) is 0 Å². The molecule has 0 atom stereocenters. The number of anilines is 1. The van der Waals surface area contributed by atoms with Crippen LogP contribution in [0.15, 0.2) is 28.8 Å². The van der Waals surface area contributed by atoms with Crippen LogP contribution in [0.2, 0.25) is 0 Å². The lowest BCUT2D eigenvalue weighted by molar-refractivity contribution is 0.416. The van der Waals surface area contributed by atoms with Gasteiger partial charge in [0.15, 0.2) is 0 Å². The summed E-state index contributed by atoms with van der Waals surface area (Å²) in [5, 5.41) is 4.04. The molecule has 0 saturated heterocycles. The van der Waals surface area contributed by atoms with Crippen LogP contribution < -0.4 is 5.73 Å². The van der Waals surface area contributed by atoms with E-state index in [4.69, 9.17) is 10.3 Å². The number of nitrogens with two attached hydrogens (primary N) is 1. The number of hydrogen-bond donors (Lipinski definition) is 1. The molecule has 3 nitrogen and oxygen atoms in total. The Morgan fingerprint density at radius 2 is 2.06 bits per heavy atom. The third-order valence-corrected chi connectivity index (χ3v) is 3.23. The molecule has 0 spiro atoms. The third kappa shape index (κ3) is 2.23. The molecular weight excluding hydrogens is 231 g/mol. The normalized spacial score (nSPS) is 11.1. The summed E-state index contributed by atoms with van der Waals surface area (Å²) >= 11 is 0. The molecule has 0 unspecified atom stereocenters. The van der Waals surface area contributed by atoms with E-state index in [2.05, 4.69) is 19.0 Å². The van der Waals surface area contributed by atoms with Crippen LogP contribution in [0.1, 0.15) is 38.3 Å². The summed E-state index contributed by atoms with van der Waals surface area (Å²) in [7, 11) is 0. The Bertz CT molecular complexity index is 532. The maximum atomic E-state index is 13.3. The number of benzene rings is 1. The van der Waals surface area contributed by atoms with Crippen molar-refractivity contribution in [3.05, 3.63) is 35.8 Å². The second-order valence-corrected chi connectivity index (χ2v) is 4.33. The molecule has 0 fully saturated rings. The first-order valence-electron chi connectivity index (χ1n) is 6.18. The number of nitrogens with zero attached hydrogens (tertiary/aromatic N) is 1. The molecule has 1 aromatic heterocycles. The van der Waals surface area contributed by atoms with E-state index in [0.717, 1.165) is 29.7 Å². The Morgan fingerprint density at radius 3 is 2.67 bits per heavy atom. The molecule has 18 heavy (non-hydrogen) atoms. The summed E-state index contributed by atoms with van der Waals surface area (Å²) in [6.45, 7) is 4.18. The van der Waals surface area contributed by atoms with Crippen molar-refractivity contribution in [3.63, 3.8) is 0 Å². The van der Waals surface area contributed by atoms with Crippen LogP contribution in [0.3, 0.4) is 0 Å². The van der Waals surface area contributed by atoms with Crippen molar-refractivity contribution >= 4 is 5.88 Å². The first kappa shape index (κ1) is 12.6. The standard InChI is InChI=1S/C14H17FN2O/c1-3-9(4-2)13-12(14(16)18-17-13)10-6-5-7-11(15)8-10/h5-9H,3-4,16H2,1-2H3. The number of rotatable bonds is 4. The fourth-order valence-corrected chi connectivity index (χ4v) is 2.20. The van der Waals surface area contributed by atoms with Crippen molar-refractivity contribution in [1.82, 2.24) is 5.16 Å². The molecule has 0 aliphatic rings. The van der Waals surface area contributed by atoms with E-state index in [1.54, 1.807) is 6.07 Å². The van der Waals surface area contributed by atoms with E-state index in [1.165, 1.54) is 12.1 Å². The van der Waals surface area contributed by atoms with Gasteiger partial charge in [0.25, 0.3) is 0 Å². The van der Waals surface area contributed by atoms with Gasteiger partial charge in [0.05, 0.1) is 11.3 Å². The average Bonchev–Trinajstić information content (AvgIpc) is 2.73. The minimum atomic E-state index is -0.288. The second-order valence-electron chi connectivity index (χ2n) is 4.33. The van der Waals surface area contributed by atoms with E-state index in [1.807, 2.05) is 6.07 Å². The number of nitrogen functional groups attached to an aromatic ring is 1. The van der Waals surface area contributed by atoms with Gasteiger partial charge in [-0.25, -0.2) is 4.39 Å². The number of halogens is 1. The van der Waals surface area contributed by atoms with Gasteiger partial charge in [0.2, 0.25) is 5.88 Å². The van der Waals surface area contributed by atoms with Gasteiger partial charge >= 0.3 is 0 Å². The Hall–Kier alpha value is -1.84. The van der Waals surface area contributed by atoms with Crippen LogP contribution in [-0.2, 0) is 0 Å². The molecule has 1 heterocycles. The van der Waals surface area contributed by atoms with Gasteiger partial charge in [-0.2, -0.15) is 0 Å². The van der Waals surface area contributed by atoms with E-state index in [9.17, 15) is 4.39 Å². The Labute approximate surface area is 106 Å². The zero-order valence-corrected chi connectivity index (χ0v) is 10.6. The lowest BCUT2D eigenvalue weighted by Gasteiger charge is -2.11. The van der Waals surface area contributed by atoms with E-state index >= 15 is 0 Å². The monoisotopic (exact) mass is 248 g/mol. The second kappa shape index (κ2) is 5.21. The highest BCUT2D eigenvalue weighted by Crippen LogP contribution is 2.36. The van der Waals surface area contributed by atoms with Crippen molar-refractivity contribution in [2.24, 2.45) is 0 Å². The summed E-state index contributed by atoms with van der Waals surface area (Å²) in [4.78, 5) is 0. The molecule has 0 aliphatic heterocycles. The Kier molecular flexibility index (Phi) is 3.65. The highest BCUT2D eigenvalue weighted by Gasteiger charge is 2.21. The zero-order chi connectivity index (χ0) is 13.1. The summed E-state index contributed by atoms with van der Waals surface area (Å²) in [6.07, 6.45) is 1.90. The zero-order valence-electron chi connectivity index (χ0n) is 10.6. The van der Waals surface area contributed by atoms with Crippen LogP contribution >= 0.6 is 0 Å². The van der Waals surface area contributed by atoms with E-state index in [0.29, 0.717) is 0 Å². The highest BCUT2D eigenvalue weighted by atomic mass is 19.1. The van der Waals surface area contributed by atoms with E-state index < -0.39 is 0 Å².